The molecule has 0 N–H and O–H groups in total. The fourth-order valence-electron chi connectivity index (χ4n) is 1.34. The van der Waals surface area contributed by atoms with E-state index in [1.165, 1.54) is 0 Å². The lowest BCUT2D eigenvalue weighted by atomic mass is 10.2. The second kappa shape index (κ2) is 4.32. The molecule has 3 heteroatoms. The Labute approximate surface area is 66.9 Å². The first kappa shape index (κ1) is 8.51. The first-order valence-electron chi connectivity index (χ1n) is 3.88. The molecule has 1 saturated heterocycles. The maximum Gasteiger partial charge on any atom is 0.0813 e. The Kier molecular flexibility index (Phi) is 3.34. The maximum atomic E-state index is 8.38. The summed E-state index contributed by atoms with van der Waals surface area (Å²) in [7, 11) is 1.67. The highest BCUT2D eigenvalue weighted by atomic mass is 16.5. The molecule has 0 aliphatic carbocycles. The summed E-state index contributed by atoms with van der Waals surface area (Å²) >= 11 is 0. The zero-order valence-corrected chi connectivity index (χ0v) is 6.75. The predicted octanol–water partition coefficient (Wildman–Crippen LogP) is 1.09. The predicted molar refractivity (Wildman–Crippen MR) is 40.0 cm³/mol. The van der Waals surface area contributed by atoms with Crippen LogP contribution in [0.5, 0.6) is 0 Å². The molecule has 0 saturated carbocycles. The summed E-state index contributed by atoms with van der Waals surface area (Å²) in [5, 5.41) is 8.38. The summed E-state index contributed by atoms with van der Waals surface area (Å²) in [6, 6.07) is 2.11. The van der Waals surface area contributed by atoms with Crippen LogP contribution >= 0.6 is 0 Å². The van der Waals surface area contributed by atoms with E-state index in [0.717, 1.165) is 12.8 Å². The number of nitriles is 1. The first-order chi connectivity index (χ1) is 5.36. The van der Waals surface area contributed by atoms with Crippen LogP contribution in [0, 0.1) is 11.3 Å². The van der Waals surface area contributed by atoms with E-state index in [0.29, 0.717) is 13.0 Å². The molecule has 0 aromatic carbocycles. The van der Waals surface area contributed by atoms with Crippen molar-refractivity contribution in [3.05, 3.63) is 0 Å². The fourth-order valence-corrected chi connectivity index (χ4v) is 1.34. The van der Waals surface area contributed by atoms with Gasteiger partial charge in [-0.05, 0) is 12.8 Å². The molecule has 62 valence electrons. The third-order valence-corrected chi connectivity index (χ3v) is 1.87. The van der Waals surface area contributed by atoms with Gasteiger partial charge in [0.05, 0.1) is 31.3 Å². The molecule has 0 spiro atoms. The lowest BCUT2D eigenvalue weighted by Crippen LogP contribution is -2.15. The second-order valence-corrected chi connectivity index (χ2v) is 2.78. The molecule has 0 aromatic heterocycles. The Morgan fingerprint density at radius 2 is 2.27 bits per heavy atom. The molecule has 1 aliphatic heterocycles. The molecule has 1 heterocycles. The summed E-state index contributed by atoms with van der Waals surface area (Å²) in [5.74, 6) is 0. The van der Waals surface area contributed by atoms with Gasteiger partial charge in [-0.3, -0.25) is 0 Å². The van der Waals surface area contributed by atoms with Gasteiger partial charge in [0, 0.05) is 7.11 Å². The van der Waals surface area contributed by atoms with Crippen LogP contribution in [-0.2, 0) is 9.47 Å². The SMILES string of the molecule is COCC1CCC(CC#N)O1. The van der Waals surface area contributed by atoms with E-state index in [1.54, 1.807) is 7.11 Å². The molecular weight excluding hydrogens is 142 g/mol. The maximum absolute atomic E-state index is 8.38. The van der Waals surface area contributed by atoms with Crippen molar-refractivity contribution in [3.8, 4) is 6.07 Å². The molecule has 2 atom stereocenters. The molecule has 3 nitrogen and oxygen atoms in total. The van der Waals surface area contributed by atoms with Crippen molar-refractivity contribution in [2.24, 2.45) is 0 Å². The van der Waals surface area contributed by atoms with Crippen LogP contribution in [0.15, 0.2) is 0 Å². The Bertz CT molecular complexity index is 153. The fraction of sp³-hybridized carbons (Fsp3) is 0.875. The molecule has 0 aromatic rings. The third-order valence-electron chi connectivity index (χ3n) is 1.87. The van der Waals surface area contributed by atoms with Gasteiger partial charge < -0.3 is 9.47 Å². The molecule has 2 unspecified atom stereocenters. The van der Waals surface area contributed by atoms with E-state index in [9.17, 15) is 0 Å². The third kappa shape index (κ3) is 2.49. The molecular formula is C8H13NO2. The van der Waals surface area contributed by atoms with E-state index in [1.807, 2.05) is 0 Å². The van der Waals surface area contributed by atoms with Gasteiger partial charge in [0.25, 0.3) is 0 Å². The van der Waals surface area contributed by atoms with Crippen LogP contribution in [0.3, 0.4) is 0 Å². The number of rotatable bonds is 3. The Morgan fingerprint density at radius 3 is 2.91 bits per heavy atom. The van der Waals surface area contributed by atoms with Crippen LogP contribution < -0.4 is 0 Å². The summed E-state index contributed by atoms with van der Waals surface area (Å²) < 4.78 is 10.4. The van der Waals surface area contributed by atoms with E-state index < -0.39 is 0 Å². The zero-order valence-electron chi connectivity index (χ0n) is 6.75. The van der Waals surface area contributed by atoms with E-state index in [-0.39, 0.29) is 12.2 Å². The van der Waals surface area contributed by atoms with Gasteiger partial charge in [-0.2, -0.15) is 5.26 Å². The number of hydrogen-bond acceptors (Lipinski definition) is 3. The summed E-state index contributed by atoms with van der Waals surface area (Å²) in [6.07, 6.45) is 2.92. The molecule has 1 fully saturated rings. The topological polar surface area (TPSA) is 42.2 Å². The smallest absolute Gasteiger partial charge is 0.0813 e. The molecule has 0 amide bonds. The van der Waals surface area contributed by atoms with Crippen molar-refractivity contribution in [3.63, 3.8) is 0 Å². The van der Waals surface area contributed by atoms with Crippen molar-refractivity contribution < 1.29 is 9.47 Å². The van der Waals surface area contributed by atoms with Crippen LogP contribution in [0.25, 0.3) is 0 Å². The Balaban J connectivity index is 2.19. The second-order valence-electron chi connectivity index (χ2n) is 2.78. The van der Waals surface area contributed by atoms with Gasteiger partial charge in [-0.25, -0.2) is 0 Å². The van der Waals surface area contributed by atoms with Gasteiger partial charge in [0.15, 0.2) is 0 Å². The quantitative estimate of drug-likeness (QED) is 0.612. The summed E-state index contributed by atoms with van der Waals surface area (Å²) in [6.45, 7) is 0.655. The molecule has 11 heavy (non-hydrogen) atoms. The summed E-state index contributed by atoms with van der Waals surface area (Å²) in [5.41, 5.74) is 0. The molecule has 1 aliphatic rings. The van der Waals surface area contributed by atoms with Crippen LogP contribution in [-0.4, -0.2) is 25.9 Å². The van der Waals surface area contributed by atoms with Gasteiger partial charge in [0.1, 0.15) is 0 Å². The highest BCUT2D eigenvalue weighted by molar-refractivity contribution is 4.82. The number of methoxy groups -OCH3 is 1. The number of ether oxygens (including phenoxy) is 2. The minimum absolute atomic E-state index is 0.153. The van der Waals surface area contributed by atoms with Gasteiger partial charge >= 0.3 is 0 Å². The van der Waals surface area contributed by atoms with Crippen molar-refractivity contribution in [2.45, 2.75) is 31.5 Å². The largest absolute Gasteiger partial charge is 0.382 e. The molecule has 0 radical (unpaired) electrons. The average Bonchev–Trinajstić information content (AvgIpc) is 2.38. The molecule has 1 rings (SSSR count). The van der Waals surface area contributed by atoms with Crippen molar-refractivity contribution in [1.82, 2.24) is 0 Å². The van der Waals surface area contributed by atoms with Crippen molar-refractivity contribution >= 4 is 0 Å². The van der Waals surface area contributed by atoms with Crippen molar-refractivity contribution in [1.29, 1.82) is 5.26 Å². The van der Waals surface area contributed by atoms with E-state index in [2.05, 4.69) is 6.07 Å². The zero-order chi connectivity index (χ0) is 8.10. The van der Waals surface area contributed by atoms with E-state index in [4.69, 9.17) is 14.7 Å². The normalized spacial score (nSPS) is 30.2. The lowest BCUT2D eigenvalue weighted by Gasteiger charge is -2.09. The lowest BCUT2D eigenvalue weighted by molar-refractivity contribution is 0.000585. The van der Waals surface area contributed by atoms with E-state index >= 15 is 0 Å². The van der Waals surface area contributed by atoms with Crippen LogP contribution in [0.4, 0.5) is 0 Å². The highest BCUT2D eigenvalue weighted by Crippen LogP contribution is 2.21. The highest BCUT2D eigenvalue weighted by Gasteiger charge is 2.24. The minimum Gasteiger partial charge on any atom is -0.382 e. The van der Waals surface area contributed by atoms with Gasteiger partial charge in [-0.1, -0.05) is 0 Å². The molecule has 0 bridgehead atoms. The Morgan fingerprint density at radius 1 is 1.55 bits per heavy atom. The standard InChI is InChI=1S/C8H13NO2/c1-10-6-8-3-2-7(11-8)4-5-9/h7-8H,2-4,6H2,1H3. The first-order valence-corrected chi connectivity index (χ1v) is 3.88. The summed E-state index contributed by atoms with van der Waals surface area (Å²) in [4.78, 5) is 0. The number of nitrogens with zero attached hydrogens (tertiary/aromatic N) is 1. The van der Waals surface area contributed by atoms with Gasteiger partial charge in [-0.15, -0.1) is 0 Å². The van der Waals surface area contributed by atoms with Crippen LogP contribution in [0.1, 0.15) is 19.3 Å². The van der Waals surface area contributed by atoms with Crippen LogP contribution in [0.2, 0.25) is 0 Å². The number of hydrogen-bond donors (Lipinski definition) is 0. The van der Waals surface area contributed by atoms with Gasteiger partial charge in [0.2, 0.25) is 0 Å². The Hall–Kier alpha value is -0.590. The minimum atomic E-state index is 0.153. The average molecular weight is 155 g/mol. The van der Waals surface area contributed by atoms with Crippen molar-refractivity contribution in [2.75, 3.05) is 13.7 Å². The monoisotopic (exact) mass is 155 g/mol.